The first-order valence-corrected chi connectivity index (χ1v) is 4.80. The van der Waals surface area contributed by atoms with Crippen molar-refractivity contribution in [2.45, 2.75) is 12.8 Å². The predicted octanol–water partition coefficient (Wildman–Crippen LogP) is 0.707. The molecule has 2 unspecified atom stereocenters. The molecule has 1 heterocycles. The van der Waals surface area contributed by atoms with Crippen molar-refractivity contribution in [1.29, 1.82) is 0 Å². The molecule has 5 nitrogen and oxygen atoms in total. The number of carbonyl (C=O) groups is 2. The molecule has 5 heteroatoms. The van der Waals surface area contributed by atoms with Gasteiger partial charge in [-0.1, -0.05) is 0 Å². The minimum atomic E-state index is -1.00. The van der Waals surface area contributed by atoms with Gasteiger partial charge in [0, 0.05) is 13.1 Å². The minimum Gasteiger partial charge on any atom is -0.481 e. The fourth-order valence-electron chi connectivity index (χ4n) is 2.25. The molecule has 2 atom stereocenters. The molecule has 1 saturated heterocycles. The SMILES string of the molecule is O=C(O)C1CN(C(=O)O)CC1C1CC1. The summed E-state index contributed by atoms with van der Waals surface area (Å²) in [5.41, 5.74) is 0. The lowest BCUT2D eigenvalue weighted by Crippen LogP contribution is -2.28. The standard InChI is InChI=1S/C9H13NO4/c11-8(12)7-4-10(9(13)14)3-6(7)5-1-2-5/h5-7H,1-4H2,(H,11,12)(H,13,14). The molecular formula is C9H13NO4. The molecule has 1 aliphatic heterocycles. The van der Waals surface area contributed by atoms with Crippen molar-refractivity contribution in [3.05, 3.63) is 0 Å². The predicted molar refractivity (Wildman–Crippen MR) is 46.9 cm³/mol. The summed E-state index contributed by atoms with van der Waals surface area (Å²) in [4.78, 5) is 22.8. The van der Waals surface area contributed by atoms with Gasteiger partial charge in [0.05, 0.1) is 5.92 Å². The minimum absolute atomic E-state index is 0.0450. The molecule has 0 aromatic heterocycles. The summed E-state index contributed by atoms with van der Waals surface area (Å²) in [6.45, 7) is 0.558. The van der Waals surface area contributed by atoms with Gasteiger partial charge in [-0.2, -0.15) is 0 Å². The van der Waals surface area contributed by atoms with Crippen LogP contribution in [0, 0.1) is 17.8 Å². The van der Waals surface area contributed by atoms with Gasteiger partial charge in [0.25, 0.3) is 0 Å². The summed E-state index contributed by atoms with van der Waals surface area (Å²) in [7, 11) is 0. The smallest absolute Gasteiger partial charge is 0.407 e. The van der Waals surface area contributed by atoms with E-state index in [0.717, 1.165) is 12.8 Å². The number of rotatable bonds is 2. The molecule has 1 aliphatic carbocycles. The maximum absolute atomic E-state index is 10.9. The van der Waals surface area contributed by atoms with Crippen LogP contribution in [0.5, 0.6) is 0 Å². The molecule has 2 aliphatic rings. The molecule has 78 valence electrons. The van der Waals surface area contributed by atoms with Crippen LogP contribution in [0.3, 0.4) is 0 Å². The molecule has 2 N–H and O–H groups in total. The van der Waals surface area contributed by atoms with Crippen molar-refractivity contribution < 1.29 is 19.8 Å². The zero-order chi connectivity index (χ0) is 10.3. The van der Waals surface area contributed by atoms with E-state index in [2.05, 4.69) is 0 Å². The quantitative estimate of drug-likeness (QED) is 0.686. The number of carboxylic acid groups (broad SMARTS) is 2. The lowest BCUT2D eigenvalue weighted by atomic mass is 9.92. The van der Waals surface area contributed by atoms with Crippen LogP contribution < -0.4 is 0 Å². The lowest BCUT2D eigenvalue weighted by Gasteiger charge is -2.11. The van der Waals surface area contributed by atoms with Crippen molar-refractivity contribution in [3.8, 4) is 0 Å². The van der Waals surface area contributed by atoms with Gasteiger partial charge in [0.2, 0.25) is 0 Å². The molecule has 0 aromatic rings. The van der Waals surface area contributed by atoms with Crippen molar-refractivity contribution in [2.24, 2.45) is 17.8 Å². The molecule has 1 amide bonds. The number of nitrogens with zero attached hydrogens (tertiary/aromatic N) is 1. The van der Waals surface area contributed by atoms with E-state index < -0.39 is 18.0 Å². The van der Waals surface area contributed by atoms with Crippen LogP contribution in [0.1, 0.15) is 12.8 Å². The lowest BCUT2D eigenvalue weighted by molar-refractivity contribution is -0.142. The maximum atomic E-state index is 10.9. The fraction of sp³-hybridized carbons (Fsp3) is 0.778. The van der Waals surface area contributed by atoms with E-state index in [1.54, 1.807) is 0 Å². The maximum Gasteiger partial charge on any atom is 0.407 e. The van der Waals surface area contributed by atoms with Gasteiger partial charge in [0.1, 0.15) is 0 Å². The second-order valence-corrected chi connectivity index (χ2v) is 4.13. The Morgan fingerprint density at radius 1 is 1.14 bits per heavy atom. The van der Waals surface area contributed by atoms with Crippen molar-refractivity contribution in [1.82, 2.24) is 4.90 Å². The Labute approximate surface area is 81.3 Å². The zero-order valence-electron chi connectivity index (χ0n) is 7.72. The van der Waals surface area contributed by atoms with E-state index >= 15 is 0 Å². The van der Waals surface area contributed by atoms with E-state index in [1.165, 1.54) is 4.90 Å². The molecule has 0 bridgehead atoms. The van der Waals surface area contributed by atoms with Gasteiger partial charge in [-0.3, -0.25) is 4.79 Å². The molecule has 0 spiro atoms. The molecule has 1 saturated carbocycles. The summed E-state index contributed by atoms with van der Waals surface area (Å²) >= 11 is 0. The summed E-state index contributed by atoms with van der Waals surface area (Å²) < 4.78 is 0. The topological polar surface area (TPSA) is 77.8 Å². The van der Waals surface area contributed by atoms with Gasteiger partial charge in [-0.05, 0) is 24.7 Å². The largest absolute Gasteiger partial charge is 0.481 e. The third kappa shape index (κ3) is 1.54. The highest BCUT2D eigenvalue weighted by Gasteiger charge is 2.46. The van der Waals surface area contributed by atoms with Gasteiger partial charge >= 0.3 is 12.1 Å². The molecule has 2 fully saturated rings. The number of amides is 1. The van der Waals surface area contributed by atoms with Crippen LogP contribution >= 0.6 is 0 Å². The number of hydrogen-bond donors (Lipinski definition) is 2. The van der Waals surface area contributed by atoms with Crippen LogP contribution in [0.25, 0.3) is 0 Å². The van der Waals surface area contributed by atoms with Crippen LogP contribution in [0.4, 0.5) is 4.79 Å². The fourth-order valence-corrected chi connectivity index (χ4v) is 2.25. The molecular weight excluding hydrogens is 186 g/mol. The van der Waals surface area contributed by atoms with E-state index in [1.807, 2.05) is 0 Å². The van der Waals surface area contributed by atoms with Gasteiger partial charge < -0.3 is 15.1 Å². The summed E-state index contributed by atoms with van der Waals surface area (Å²) in [5.74, 6) is -0.853. The molecule has 14 heavy (non-hydrogen) atoms. The highest BCUT2D eigenvalue weighted by molar-refractivity contribution is 5.74. The van der Waals surface area contributed by atoms with E-state index in [-0.39, 0.29) is 12.5 Å². The van der Waals surface area contributed by atoms with Crippen molar-refractivity contribution in [3.63, 3.8) is 0 Å². The second kappa shape index (κ2) is 3.15. The Hall–Kier alpha value is -1.26. The molecule has 0 aromatic carbocycles. The van der Waals surface area contributed by atoms with E-state index in [0.29, 0.717) is 12.5 Å². The number of likely N-dealkylation sites (tertiary alicyclic amines) is 1. The zero-order valence-corrected chi connectivity index (χ0v) is 7.72. The highest BCUT2D eigenvalue weighted by Crippen LogP contribution is 2.43. The van der Waals surface area contributed by atoms with Gasteiger partial charge in [0.15, 0.2) is 0 Å². The number of aliphatic carboxylic acids is 1. The van der Waals surface area contributed by atoms with E-state index in [4.69, 9.17) is 10.2 Å². The first-order chi connectivity index (χ1) is 6.59. The highest BCUT2D eigenvalue weighted by atomic mass is 16.4. The first kappa shape index (κ1) is 9.30. The Kier molecular flexibility index (Phi) is 2.09. The third-order valence-corrected chi connectivity index (χ3v) is 3.18. The monoisotopic (exact) mass is 199 g/mol. The molecule has 2 rings (SSSR count). The van der Waals surface area contributed by atoms with Crippen molar-refractivity contribution >= 4 is 12.1 Å². The van der Waals surface area contributed by atoms with Crippen LogP contribution in [0.2, 0.25) is 0 Å². The second-order valence-electron chi connectivity index (χ2n) is 4.13. The first-order valence-electron chi connectivity index (χ1n) is 4.80. The van der Waals surface area contributed by atoms with Gasteiger partial charge in [-0.15, -0.1) is 0 Å². The summed E-state index contributed by atoms with van der Waals surface area (Å²) in [5, 5.41) is 17.7. The summed E-state index contributed by atoms with van der Waals surface area (Å²) in [6, 6.07) is 0. The average molecular weight is 199 g/mol. The average Bonchev–Trinajstić information content (AvgIpc) is 2.83. The van der Waals surface area contributed by atoms with Crippen LogP contribution in [0.15, 0.2) is 0 Å². The Morgan fingerprint density at radius 2 is 1.79 bits per heavy atom. The van der Waals surface area contributed by atoms with E-state index in [9.17, 15) is 9.59 Å². The van der Waals surface area contributed by atoms with Gasteiger partial charge in [-0.25, -0.2) is 4.79 Å². The molecule has 0 radical (unpaired) electrons. The normalized spacial score (nSPS) is 31.9. The Morgan fingerprint density at radius 3 is 2.21 bits per heavy atom. The Balaban J connectivity index is 2.07. The summed E-state index contributed by atoms with van der Waals surface area (Å²) in [6.07, 6.45) is 1.11. The third-order valence-electron chi connectivity index (χ3n) is 3.18. The number of hydrogen-bond acceptors (Lipinski definition) is 2. The van der Waals surface area contributed by atoms with Crippen LogP contribution in [-0.4, -0.2) is 40.3 Å². The Bertz CT molecular complexity index is 274. The van der Waals surface area contributed by atoms with Crippen LogP contribution in [-0.2, 0) is 4.79 Å². The van der Waals surface area contributed by atoms with Crippen molar-refractivity contribution in [2.75, 3.05) is 13.1 Å². The number of carboxylic acids is 1.